The minimum absolute atomic E-state index is 0.318. The molecule has 2 unspecified atom stereocenters. The predicted octanol–water partition coefficient (Wildman–Crippen LogP) is 2.71. The Morgan fingerprint density at radius 1 is 1.53 bits per heavy atom. The standard InChI is InChI=1S/C14H25N3/c1-4-10-17-13(7-9-16-17)14(3)8-6-12(11-14)15-5-2/h7,9,12,15H,4-6,8,10-11H2,1-3H3. The van der Waals surface area contributed by atoms with Crippen LogP contribution in [-0.2, 0) is 12.0 Å². The van der Waals surface area contributed by atoms with E-state index in [0.717, 1.165) is 19.5 Å². The van der Waals surface area contributed by atoms with E-state index in [9.17, 15) is 0 Å². The van der Waals surface area contributed by atoms with Crippen LogP contribution in [0.5, 0.6) is 0 Å². The van der Waals surface area contributed by atoms with Crippen LogP contribution in [0.3, 0.4) is 0 Å². The van der Waals surface area contributed by atoms with Gasteiger partial charge in [0.05, 0.1) is 0 Å². The number of aromatic nitrogens is 2. The lowest BCUT2D eigenvalue weighted by atomic mass is 9.84. The van der Waals surface area contributed by atoms with Gasteiger partial charge in [0, 0.05) is 29.9 Å². The molecule has 1 aliphatic carbocycles. The Bertz CT molecular complexity index is 358. The Hall–Kier alpha value is -0.830. The van der Waals surface area contributed by atoms with E-state index in [1.54, 1.807) is 0 Å². The largest absolute Gasteiger partial charge is 0.314 e. The van der Waals surface area contributed by atoms with Crippen molar-refractivity contribution in [1.82, 2.24) is 15.1 Å². The predicted molar refractivity (Wildman–Crippen MR) is 71.2 cm³/mol. The summed E-state index contributed by atoms with van der Waals surface area (Å²) in [5, 5.41) is 8.05. The van der Waals surface area contributed by atoms with E-state index in [0.29, 0.717) is 11.5 Å². The molecule has 0 amide bonds. The lowest BCUT2D eigenvalue weighted by molar-refractivity contribution is 0.411. The summed E-state index contributed by atoms with van der Waals surface area (Å²) in [5.74, 6) is 0. The van der Waals surface area contributed by atoms with E-state index < -0.39 is 0 Å². The van der Waals surface area contributed by atoms with Gasteiger partial charge in [0.25, 0.3) is 0 Å². The quantitative estimate of drug-likeness (QED) is 0.850. The van der Waals surface area contributed by atoms with Gasteiger partial charge >= 0.3 is 0 Å². The topological polar surface area (TPSA) is 29.9 Å². The molecule has 3 nitrogen and oxygen atoms in total. The highest BCUT2D eigenvalue weighted by Crippen LogP contribution is 2.40. The second-order valence-corrected chi connectivity index (χ2v) is 5.50. The van der Waals surface area contributed by atoms with Crippen molar-refractivity contribution in [1.29, 1.82) is 0 Å². The van der Waals surface area contributed by atoms with Gasteiger partial charge in [-0.25, -0.2) is 0 Å². The Labute approximate surface area is 105 Å². The van der Waals surface area contributed by atoms with E-state index >= 15 is 0 Å². The van der Waals surface area contributed by atoms with Crippen molar-refractivity contribution in [3.8, 4) is 0 Å². The molecule has 3 heteroatoms. The third kappa shape index (κ3) is 2.54. The molecule has 0 saturated heterocycles. The van der Waals surface area contributed by atoms with Crippen molar-refractivity contribution in [3.05, 3.63) is 18.0 Å². The summed E-state index contributed by atoms with van der Waals surface area (Å²) in [6, 6.07) is 2.90. The van der Waals surface area contributed by atoms with Crippen LogP contribution in [0.25, 0.3) is 0 Å². The molecule has 0 bridgehead atoms. The van der Waals surface area contributed by atoms with Crippen molar-refractivity contribution in [2.45, 2.75) is 64.5 Å². The van der Waals surface area contributed by atoms with Crippen LogP contribution >= 0.6 is 0 Å². The molecule has 1 aromatic heterocycles. The minimum Gasteiger partial charge on any atom is -0.314 e. The SMILES string of the molecule is CCCn1nccc1C1(C)CCC(NCC)C1. The summed E-state index contributed by atoms with van der Waals surface area (Å²) in [6.07, 6.45) is 6.93. The third-order valence-electron chi connectivity index (χ3n) is 4.00. The maximum atomic E-state index is 4.46. The summed E-state index contributed by atoms with van der Waals surface area (Å²) in [5.41, 5.74) is 1.75. The Kier molecular flexibility index (Phi) is 3.87. The van der Waals surface area contributed by atoms with E-state index in [2.05, 4.69) is 41.9 Å². The van der Waals surface area contributed by atoms with Crippen LogP contribution in [-0.4, -0.2) is 22.4 Å². The van der Waals surface area contributed by atoms with Gasteiger partial charge in [0.15, 0.2) is 0 Å². The van der Waals surface area contributed by atoms with Crippen molar-refractivity contribution >= 4 is 0 Å². The number of hydrogen-bond donors (Lipinski definition) is 1. The van der Waals surface area contributed by atoms with Crippen LogP contribution in [0.15, 0.2) is 12.3 Å². The lowest BCUT2D eigenvalue weighted by Crippen LogP contribution is -2.30. The van der Waals surface area contributed by atoms with E-state index in [1.807, 2.05) is 6.20 Å². The van der Waals surface area contributed by atoms with Gasteiger partial charge in [-0.05, 0) is 38.3 Å². The summed E-state index contributed by atoms with van der Waals surface area (Å²) in [6.45, 7) is 8.92. The molecule has 2 rings (SSSR count). The maximum absolute atomic E-state index is 4.46. The van der Waals surface area contributed by atoms with Crippen LogP contribution in [0.1, 0.15) is 52.1 Å². The molecule has 96 valence electrons. The summed E-state index contributed by atoms with van der Waals surface area (Å²) < 4.78 is 2.20. The molecular formula is C14H25N3. The molecule has 1 N–H and O–H groups in total. The zero-order valence-electron chi connectivity index (χ0n) is 11.4. The maximum Gasteiger partial charge on any atom is 0.0492 e. The number of aryl methyl sites for hydroxylation is 1. The molecule has 17 heavy (non-hydrogen) atoms. The van der Waals surface area contributed by atoms with Crippen molar-refractivity contribution < 1.29 is 0 Å². The van der Waals surface area contributed by atoms with Crippen molar-refractivity contribution in [2.24, 2.45) is 0 Å². The number of rotatable bonds is 5. The summed E-state index contributed by atoms with van der Waals surface area (Å²) in [7, 11) is 0. The van der Waals surface area contributed by atoms with Crippen molar-refractivity contribution in [2.75, 3.05) is 6.54 Å². The molecule has 0 radical (unpaired) electrons. The third-order valence-corrected chi connectivity index (χ3v) is 4.00. The van der Waals surface area contributed by atoms with Gasteiger partial charge in [0.2, 0.25) is 0 Å². The van der Waals surface area contributed by atoms with Gasteiger partial charge in [-0.2, -0.15) is 5.10 Å². The Morgan fingerprint density at radius 3 is 3.06 bits per heavy atom. The average Bonchev–Trinajstić information content (AvgIpc) is 2.88. The first-order chi connectivity index (χ1) is 8.19. The molecule has 0 aromatic carbocycles. The molecule has 0 spiro atoms. The second kappa shape index (κ2) is 5.21. The fraction of sp³-hybridized carbons (Fsp3) is 0.786. The van der Waals surface area contributed by atoms with Crippen LogP contribution < -0.4 is 5.32 Å². The van der Waals surface area contributed by atoms with Gasteiger partial charge in [-0.15, -0.1) is 0 Å². The zero-order valence-corrected chi connectivity index (χ0v) is 11.4. The fourth-order valence-electron chi connectivity index (χ4n) is 3.17. The highest BCUT2D eigenvalue weighted by atomic mass is 15.3. The van der Waals surface area contributed by atoms with Gasteiger partial charge in [-0.3, -0.25) is 4.68 Å². The van der Waals surface area contributed by atoms with Crippen LogP contribution in [0, 0.1) is 0 Å². The molecule has 2 atom stereocenters. The molecule has 1 saturated carbocycles. The average molecular weight is 235 g/mol. The highest BCUT2D eigenvalue weighted by Gasteiger charge is 2.38. The highest BCUT2D eigenvalue weighted by molar-refractivity contribution is 5.18. The zero-order chi connectivity index (χ0) is 12.3. The first kappa shape index (κ1) is 12.6. The summed E-state index contributed by atoms with van der Waals surface area (Å²) in [4.78, 5) is 0. The Morgan fingerprint density at radius 2 is 2.35 bits per heavy atom. The first-order valence-corrected chi connectivity index (χ1v) is 6.95. The molecule has 1 heterocycles. The second-order valence-electron chi connectivity index (χ2n) is 5.50. The fourth-order valence-corrected chi connectivity index (χ4v) is 3.17. The number of nitrogens with one attached hydrogen (secondary N) is 1. The molecule has 1 aromatic rings. The molecule has 0 aliphatic heterocycles. The molecule has 1 fully saturated rings. The minimum atomic E-state index is 0.318. The lowest BCUT2D eigenvalue weighted by Gasteiger charge is -2.25. The smallest absolute Gasteiger partial charge is 0.0492 e. The number of hydrogen-bond acceptors (Lipinski definition) is 2. The monoisotopic (exact) mass is 235 g/mol. The van der Waals surface area contributed by atoms with E-state index in [4.69, 9.17) is 0 Å². The van der Waals surface area contributed by atoms with Crippen LogP contribution in [0.2, 0.25) is 0 Å². The van der Waals surface area contributed by atoms with Crippen molar-refractivity contribution in [3.63, 3.8) is 0 Å². The Balaban J connectivity index is 2.13. The van der Waals surface area contributed by atoms with Gasteiger partial charge in [-0.1, -0.05) is 20.8 Å². The summed E-state index contributed by atoms with van der Waals surface area (Å²) >= 11 is 0. The first-order valence-electron chi connectivity index (χ1n) is 6.95. The number of nitrogens with zero attached hydrogens (tertiary/aromatic N) is 2. The normalized spacial score (nSPS) is 28.8. The van der Waals surface area contributed by atoms with Gasteiger partial charge < -0.3 is 5.32 Å². The van der Waals surface area contributed by atoms with E-state index in [-0.39, 0.29) is 0 Å². The molecular weight excluding hydrogens is 210 g/mol. The van der Waals surface area contributed by atoms with E-state index in [1.165, 1.54) is 25.0 Å². The van der Waals surface area contributed by atoms with Gasteiger partial charge in [0.1, 0.15) is 0 Å². The van der Waals surface area contributed by atoms with Crippen LogP contribution in [0.4, 0.5) is 0 Å². The molecule has 1 aliphatic rings.